The van der Waals surface area contributed by atoms with E-state index in [1.807, 2.05) is 18.2 Å². The van der Waals surface area contributed by atoms with Crippen molar-refractivity contribution in [3.05, 3.63) is 70.8 Å². The first kappa shape index (κ1) is 13.3. The summed E-state index contributed by atoms with van der Waals surface area (Å²) in [7, 11) is 0. The maximum Gasteiger partial charge on any atom is 0.128 e. The lowest BCUT2D eigenvalue weighted by Gasteiger charge is -2.05. The van der Waals surface area contributed by atoms with E-state index in [0.717, 1.165) is 11.1 Å². The van der Waals surface area contributed by atoms with Crippen LogP contribution in [0.5, 0.6) is 0 Å². The summed E-state index contributed by atoms with van der Waals surface area (Å²) < 4.78 is 26.2. The second-order valence-electron chi connectivity index (χ2n) is 4.46. The minimum atomic E-state index is -0.296. The topological polar surface area (TPSA) is 26.0 Å². The Morgan fingerprint density at radius 1 is 1.16 bits per heavy atom. The Morgan fingerprint density at radius 3 is 2.68 bits per heavy atom. The van der Waals surface area contributed by atoms with E-state index in [0.29, 0.717) is 17.7 Å². The molecule has 0 spiro atoms. The molecule has 19 heavy (non-hydrogen) atoms. The number of anilines is 1. The van der Waals surface area contributed by atoms with E-state index >= 15 is 0 Å². The first-order chi connectivity index (χ1) is 9.06. The van der Waals surface area contributed by atoms with Crippen LogP contribution < -0.4 is 5.73 Å². The van der Waals surface area contributed by atoms with Crippen LogP contribution in [0.25, 0.3) is 6.08 Å². The maximum atomic E-state index is 13.3. The smallest absolute Gasteiger partial charge is 0.128 e. The molecule has 0 saturated heterocycles. The Kier molecular flexibility index (Phi) is 3.95. The highest BCUT2D eigenvalue weighted by molar-refractivity contribution is 5.53. The third kappa shape index (κ3) is 3.41. The van der Waals surface area contributed by atoms with Crippen LogP contribution >= 0.6 is 0 Å². The maximum absolute atomic E-state index is 13.3. The van der Waals surface area contributed by atoms with Crippen molar-refractivity contribution in [1.29, 1.82) is 0 Å². The number of hydrogen-bond acceptors (Lipinski definition) is 1. The van der Waals surface area contributed by atoms with Crippen LogP contribution in [-0.2, 0) is 6.42 Å². The second-order valence-corrected chi connectivity index (χ2v) is 4.46. The molecule has 0 saturated carbocycles. The highest BCUT2D eigenvalue weighted by atomic mass is 19.1. The molecule has 0 aromatic heterocycles. The van der Waals surface area contributed by atoms with Crippen molar-refractivity contribution < 1.29 is 8.78 Å². The van der Waals surface area contributed by atoms with E-state index < -0.39 is 0 Å². The van der Waals surface area contributed by atoms with E-state index in [2.05, 4.69) is 0 Å². The zero-order chi connectivity index (χ0) is 13.8. The van der Waals surface area contributed by atoms with Crippen LogP contribution in [0.4, 0.5) is 14.5 Å². The predicted molar refractivity (Wildman–Crippen MR) is 74.7 cm³/mol. The van der Waals surface area contributed by atoms with Crippen LogP contribution in [0.3, 0.4) is 0 Å². The average Bonchev–Trinajstić information content (AvgIpc) is 2.35. The normalized spacial score (nSPS) is 11.1. The third-order valence-electron chi connectivity index (χ3n) is 2.92. The molecule has 0 aliphatic carbocycles. The van der Waals surface area contributed by atoms with E-state index in [9.17, 15) is 8.78 Å². The Balaban J connectivity index is 2.12. The van der Waals surface area contributed by atoms with Crippen LogP contribution in [0.15, 0.2) is 42.5 Å². The molecule has 2 N–H and O–H groups in total. The monoisotopic (exact) mass is 259 g/mol. The lowest BCUT2D eigenvalue weighted by Crippen LogP contribution is -1.96. The SMILES string of the molecule is Cc1cc(C/C=C/c2cccc(F)c2)c(N)cc1F. The number of nitrogens with two attached hydrogens (primary N) is 1. The minimum absolute atomic E-state index is 0.265. The molecule has 0 atom stereocenters. The lowest BCUT2D eigenvalue weighted by molar-refractivity contribution is 0.618. The molecule has 98 valence electrons. The molecule has 2 aromatic carbocycles. The summed E-state index contributed by atoms with van der Waals surface area (Å²) in [5.41, 5.74) is 8.43. The van der Waals surface area contributed by atoms with Crippen LogP contribution in [-0.4, -0.2) is 0 Å². The van der Waals surface area contributed by atoms with Crippen molar-refractivity contribution >= 4 is 11.8 Å². The van der Waals surface area contributed by atoms with Crippen molar-refractivity contribution in [1.82, 2.24) is 0 Å². The molecule has 0 unspecified atom stereocenters. The number of benzene rings is 2. The molecule has 2 aromatic rings. The summed E-state index contributed by atoms with van der Waals surface area (Å²) in [6, 6.07) is 9.40. The molecule has 0 aliphatic rings. The quantitative estimate of drug-likeness (QED) is 0.825. The van der Waals surface area contributed by atoms with Gasteiger partial charge in [0.05, 0.1) is 0 Å². The summed E-state index contributed by atoms with van der Waals surface area (Å²) in [4.78, 5) is 0. The summed E-state index contributed by atoms with van der Waals surface area (Å²) in [6.45, 7) is 1.70. The van der Waals surface area contributed by atoms with Crippen molar-refractivity contribution in [3.63, 3.8) is 0 Å². The van der Waals surface area contributed by atoms with Gasteiger partial charge in [-0.05, 0) is 48.2 Å². The first-order valence-corrected chi connectivity index (χ1v) is 6.03. The fraction of sp³-hybridized carbons (Fsp3) is 0.125. The highest BCUT2D eigenvalue weighted by Crippen LogP contribution is 2.18. The molecular weight excluding hydrogens is 244 g/mol. The number of rotatable bonds is 3. The number of hydrogen-bond donors (Lipinski definition) is 1. The zero-order valence-electron chi connectivity index (χ0n) is 10.7. The van der Waals surface area contributed by atoms with Crippen molar-refractivity contribution in [3.8, 4) is 0 Å². The van der Waals surface area contributed by atoms with Gasteiger partial charge in [0.2, 0.25) is 0 Å². The minimum Gasteiger partial charge on any atom is -0.398 e. The van der Waals surface area contributed by atoms with Gasteiger partial charge in [0.15, 0.2) is 0 Å². The Hall–Kier alpha value is -2.16. The molecule has 0 amide bonds. The Labute approximate surface area is 111 Å². The van der Waals surface area contributed by atoms with E-state index in [-0.39, 0.29) is 11.6 Å². The standard InChI is InChI=1S/C16H15F2N/c1-11-8-13(16(19)10-15(11)18)6-2-4-12-5-3-7-14(17)9-12/h2-5,7-10H,6,19H2,1H3/b4-2+. The van der Waals surface area contributed by atoms with Gasteiger partial charge in [-0.1, -0.05) is 30.4 Å². The van der Waals surface area contributed by atoms with Gasteiger partial charge < -0.3 is 5.73 Å². The number of allylic oxidation sites excluding steroid dienone is 1. The summed E-state index contributed by atoms with van der Waals surface area (Å²) >= 11 is 0. The fourth-order valence-corrected chi connectivity index (χ4v) is 1.87. The summed E-state index contributed by atoms with van der Waals surface area (Å²) in [6.07, 6.45) is 4.29. The molecule has 0 aliphatic heterocycles. The molecule has 3 heteroatoms. The van der Waals surface area contributed by atoms with Crippen LogP contribution in [0, 0.1) is 18.6 Å². The average molecular weight is 259 g/mol. The predicted octanol–water partition coefficient (Wildman–Crippen LogP) is 4.11. The van der Waals surface area contributed by atoms with Gasteiger partial charge >= 0.3 is 0 Å². The van der Waals surface area contributed by atoms with Gasteiger partial charge in [0.25, 0.3) is 0 Å². The highest BCUT2D eigenvalue weighted by Gasteiger charge is 2.03. The van der Waals surface area contributed by atoms with Crippen molar-refractivity contribution in [2.75, 3.05) is 5.73 Å². The summed E-state index contributed by atoms with van der Waals surface area (Å²) in [5.74, 6) is -0.561. The molecule has 1 nitrogen and oxygen atoms in total. The van der Waals surface area contributed by atoms with E-state index in [4.69, 9.17) is 5.73 Å². The van der Waals surface area contributed by atoms with Gasteiger partial charge in [-0.2, -0.15) is 0 Å². The van der Waals surface area contributed by atoms with Gasteiger partial charge in [0, 0.05) is 5.69 Å². The van der Waals surface area contributed by atoms with Crippen LogP contribution in [0.2, 0.25) is 0 Å². The first-order valence-electron chi connectivity index (χ1n) is 6.03. The Bertz CT molecular complexity index is 618. The third-order valence-corrected chi connectivity index (χ3v) is 2.92. The zero-order valence-corrected chi connectivity index (χ0v) is 10.7. The van der Waals surface area contributed by atoms with Gasteiger partial charge in [0.1, 0.15) is 11.6 Å². The van der Waals surface area contributed by atoms with Gasteiger partial charge in [-0.3, -0.25) is 0 Å². The van der Waals surface area contributed by atoms with E-state index in [1.165, 1.54) is 18.2 Å². The van der Waals surface area contributed by atoms with Gasteiger partial charge in [-0.15, -0.1) is 0 Å². The molecule has 2 rings (SSSR count). The van der Waals surface area contributed by atoms with E-state index in [1.54, 1.807) is 19.1 Å². The number of nitrogen functional groups attached to an aromatic ring is 1. The molecule has 0 heterocycles. The largest absolute Gasteiger partial charge is 0.398 e. The van der Waals surface area contributed by atoms with Crippen molar-refractivity contribution in [2.45, 2.75) is 13.3 Å². The van der Waals surface area contributed by atoms with Crippen molar-refractivity contribution in [2.24, 2.45) is 0 Å². The number of aryl methyl sites for hydroxylation is 1. The number of halogens is 2. The molecule has 0 fully saturated rings. The van der Waals surface area contributed by atoms with Gasteiger partial charge in [-0.25, -0.2) is 8.78 Å². The Morgan fingerprint density at radius 2 is 1.95 bits per heavy atom. The van der Waals surface area contributed by atoms with Crippen LogP contribution in [0.1, 0.15) is 16.7 Å². The second kappa shape index (κ2) is 5.65. The molecule has 0 radical (unpaired) electrons. The summed E-state index contributed by atoms with van der Waals surface area (Å²) in [5, 5.41) is 0. The molecular formula is C16H15F2N. The fourth-order valence-electron chi connectivity index (χ4n) is 1.87. The molecule has 0 bridgehead atoms. The lowest BCUT2D eigenvalue weighted by atomic mass is 10.1.